The molecule has 0 spiro atoms. The molecular weight excluding hydrogens is 338 g/mol. The molecule has 0 aliphatic carbocycles. The Morgan fingerprint density at radius 2 is 1.96 bits per heavy atom. The topological polar surface area (TPSA) is 60.5 Å². The number of anilines is 3. The number of aromatic nitrogens is 1. The Morgan fingerprint density at radius 1 is 1.19 bits per heavy atom. The van der Waals surface area contributed by atoms with E-state index in [1.807, 2.05) is 36.5 Å². The number of benzene rings is 1. The second-order valence-electron chi connectivity index (χ2n) is 7.59. The molecule has 0 saturated carbocycles. The average Bonchev–Trinajstić information content (AvgIpc) is 3.13. The molecule has 6 heteroatoms. The second kappa shape index (κ2) is 7.56. The SMILES string of the molecule is CN(C)C1CCN(c2ccc(NC(=O)C3CNc4ccccc43)nc2)CC1. The number of nitrogens with zero attached hydrogens (tertiary/aromatic N) is 3. The van der Waals surface area contributed by atoms with Crippen molar-refractivity contribution < 1.29 is 4.79 Å². The minimum absolute atomic E-state index is 0.0144. The predicted molar refractivity (Wildman–Crippen MR) is 109 cm³/mol. The zero-order valence-corrected chi connectivity index (χ0v) is 16.0. The molecule has 142 valence electrons. The Labute approximate surface area is 160 Å². The van der Waals surface area contributed by atoms with Crippen molar-refractivity contribution in [1.82, 2.24) is 9.88 Å². The molecule has 1 amide bonds. The number of rotatable bonds is 4. The van der Waals surface area contributed by atoms with Gasteiger partial charge in [0.15, 0.2) is 0 Å². The number of piperidine rings is 1. The van der Waals surface area contributed by atoms with E-state index in [0.717, 1.165) is 30.0 Å². The van der Waals surface area contributed by atoms with Crippen LogP contribution in [0.3, 0.4) is 0 Å². The summed E-state index contributed by atoms with van der Waals surface area (Å²) in [5.74, 6) is 0.420. The monoisotopic (exact) mass is 365 g/mol. The molecule has 2 aliphatic heterocycles. The van der Waals surface area contributed by atoms with Gasteiger partial charge in [-0.2, -0.15) is 0 Å². The van der Waals surface area contributed by atoms with Crippen LogP contribution < -0.4 is 15.5 Å². The van der Waals surface area contributed by atoms with Crippen LogP contribution in [0.25, 0.3) is 0 Å². The van der Waals surface area contributed by atoms with Crippen molar-refractivity contribution in [2.75, 3.05) is 49.3 Å². The summed E-state index contributed by atoms with van der Waals surface area (Å²) in [6.07, 6.45) is 4.20. The first-order valence-electron chi connectivity index (χ1n) is 9.63. The first kappa shape index (κ1) is 17.8. The van der Waals surface area contributed by atoms with Gasteiger partial charge in [-0.3, -0.25) is 4.79 Å². The maximum Gasteiger partial charge on any atom is 0.234 e. The summed E-state index contributed by atoms with van der Waals surface area (Å²) in [6.45, 7) is 2.71. The van der Waals surface area contributed by atoms with Gasteiger partial charge in [0.1, 0.15) is 5.82 Å². The third-order valence-corrected chi connectivity index (χ3v) is 5.71. The van der Waals surface area contributed by atoms with Crippen LogP contribution in [0.1, 0.15) is 24.3 Å². The largest absolute Gasteiger partial charge is 0.384 e. The van der Waals surface area contributed by atoms with Gasteiger partial charge < -0.3 is 20.4 Å². The lowest BCUT2D eigenvalue weighted by atomic mass is 10.0. The smallest absolute Gasteiger partial charge is 0.234 e. The Balaban J connectivity index is 1.37. The van der Waals surface area contributed by atoms with Crippen molar-refractivity contribution in [2.24, 2.45) is 0 Å². The van der Waals surface area contributed by atoms with Crippen LogP contribution in [0.4, 0.5) is 17.2 Å². The minimum atomic E-state index is -0.173. The quantitative estimate of drug-likeness (QED) is 0.872. The fraction of sp³-hybridized carbons (Fsp3) is 0.429. The van der Waals surface area contributed by atoms with Crippen molar-refractivity contribution in [3.05, 3.63) is 48.2 Å². The molecular formula is C21H27N5O. The number of carbonyl (C=O) groups excluding carboxylic acids is 1. The highest BCUT2D eigenvalue weighted by Gasteiger charge is 2.28. The standard InChI is InChI=1S/C21H27N5O/c1-25(2)15-9-11-26(12-10-15)16-7-8-20(23-13-16)24-21(27)18-14-22-19-6-4-3-5-17(18)19/h3-8,13,15,18,22H,9-12,14H2,1-2H3,(H,23,24,27). The molecule has 2 aliphatic rings. The van der Waals surface area contributed by atoms with E-state index >= 15 is 0 Å². The van der Waals surface area contributed by atoms with Crippen LogP contribution in [-0.4, -0.2) is 55.6 Å². The molecule has 6 nitrogen and oxygen atoms in total. The Hall–Kier alpha value is -2.60. The highest BCUT2D eigenvalue weighted by Crippen LogP contribution is 2.31. The predicted octanol–water partition coefficient (Wildman–Crippen LogP) is 2.76. The van der Waals surface area contributed by atoms with Gasteiger partial charge in [-0.1, -0.05) is 18.2 Å². The lowest BCUT2D eigenvalue weighted by Gasteiger charge is -2.36. The summed E-state index contributed by atoms with van der Waals surface area (Å²) in [7, 11) is 4.30. The number of fused-ring (bicyclic) bond motifs is 1. The van der Waals surface area contributed by atoms with Gasteiger partial charge in [-0.25, -0.2) is 4.98 Å². The fourth-order valence-corrected chi connectivity index (χ4v) is 4.02. The third kappa shape index (κ3) is 3.76. The van der Waals surface area contributed by atoms with Crippen molar-refractivity contribution in [1.29, 1.82) is 0 Å². The van der Waals surface area contributed by atoms with Gasteiger partial charge in [0.25, 0.3) is 0 Å². The van der Waals surface area contributed by atoms with Crippen LogP contribution in [0, 0.1) is 0 Å². The zero-order chi connectivity index (χ0) is 18.8. The maximum atomic E-state index is 12.7. The summed E-state index contributed by atoms with van der Waals surface area (Å²) in [6, 6.07) is 12.6. The van der Waals surface area contributed by atoms with E-state index in [1.165, 1.54) is 12.8 Å². The lowest BCUT2D eigenvalue weighted by Crippen LogP contribution is -2.42. The van der Waals surface area contributed by atoms with Crippen molar-refractivity contribution >= 4 is 23.1 Å². The number of amides is 1. The van der Waals surface area contributed by atoms with Crippen LogP contribution in [0.15, 0.2) is 42.6 Å². The molecule has 4 rings (SSSR count). The van der Waals surface area contributed by atoms with Gasteiger partial charge in [-0.15, -0.1) is 0 Å². The second-order valence-corrected chi connectivity index (χ2v) is 7.59. The maximum absolute atomic E-state index is 12.7. The van der Waals surface area contributed by atoms with Crippen LogP contribution in [0.2, 0.25) is 0 Å². The number of hydrogen-bond donors (Lipinski definition) is 2. The van der Waals surface area contributed by atoms with E-state index in [1.54, 1.807) is 0 Å². The van der Waals surface area contributed by atoms with E-state index < -0.39 is 0 Å². The highest BCUT2D eigenvalue weighted by molar-refractivity contribution is 5.97. The summed E-state index contributed by atoms with van der Waals surface area (Å²) >= 11 is 0. The number of pyridine rings is 1. The summed E-state index contributed by atoms with van der Waals surface area (Å²) in [4.78, 5) is 21.8. The number of nitrogens with one attached hydrogen (secondary N) is 2. The molecule has 0 bridgehead atoms. The molecule has 1 aromatic heterocycles. The minimum Gasteiger partial charge on any atom is -0.384 e. The van der Waals surface area contributed by atoms with Crippen molar-refractivity contribution in [3.8, 4) is 0 Å². The van der Waals surface area contributed by atoms with Crippen LogP contribution in [-0.2, 0) is 4.79 Å². The zero-order valence-electron chi connectivity index (χ0n) is 16.0. The molecule has 3 heterocycles. The van der Waals surface area contributed by atoms with Gasteiger partial charge in [0, 0.05) is 31.4 Å². The molecule has 27 heavy (non-hydrogen) atoms. The molecule has 2 N–H and O–H groups in total. The van der Waals surface area contributed by atoms with E-state index in [4.69, 9.17) is 0 Å². The van der Waals surface area contributed by atoms with Crippen LogP contribution in [0.5, 0.6) is 0 Å². The summed E-state index contributed by atoms with van der Waals surface area (Å²) in [5.41, 5.74) is 3.22. The van der Waals surface area contributed by atoms with Gasteiger partial charge in [0.05, 0.1) is 17.8 Å². The van der Waals surface area contributed by atoms with E-state index in [9.17, 15) is 4.79 Å². The van der Waals surface area contributed by atoms with E-state index in [-0.39, 0.29) is 11.8 Å². The average molecular weight is 365 g/mol. The number of carbonyl (C=O) groups is 1. The molecule has 1 saturated heterocycles. The van der Waals surface area contributed by atoms with Crippen LogP contribution >= 0.6 is 0 Å². The summed E-state index contributed by atoms with van der Waals surface area (Å²) in [5, 5.41) is 6.25. The van der Waals surface area contributed by atoms with Gasteiger partial charge >= 0.3 is 0 Å². The van der Waals surface area contributed by atoms with Gasteiger partial charge in [0.2, 0.25) is 5.91 Å². The first-order valence-corrected chi connectivity index (χ1v) is 9.63. The molecule has 0 radical (unpaired) electrons. The Morgan fingerprint density at radius 3 is 2.67 bits per heavy atom. The fourth-order valence-electron chi connectivity index (χ4n) is 4.02. The molecule has 1 aromatic carbocycles. The molecule has 1 unspecified atom stereocenters. The van der Waals surface area contributed by atoms with Crippen molar-refractivity contribution in [2.45, 2.75) is 24.8 Å². The molecule has 2 aromatic rings. The van der Waals surface area contributed by atoms with E-state index in [2.05, 4.69) is 45.6 Å². The number of para-hydroxylation sites is 1. The molecule has 1 atom stereocenters. The van der Waals surface area contributed by atoms with Gasteiger partial charge in [-0.05, 0) is 50.7 Å². The lowest BCUT2D eigenvalue weighted by molar-refractivity contribution is -0.117. The highest BCUT2D eigenvalue weighted by atomic mass is 16.2. The van der Waals surface area contributed by atoms with E-state index in [0.29, 0.717) is 18.4 Å². The first-order chi connectivity index (χ1) is 13.1. The Kier molecular flexibility index (Phi) is 4.99. The number of hydrogen-bond acceptors (Lipinski definition) is 5. The summed E-state index contributed by atoms with van der Waals surface area (Å²) < 4.78 is 0. The Bertz CT molecular complexity index is 796. The van der Waals surface area contributed by atoms with Crippen molar-refractivity contribution in [3.63, 3.8) is 0 Å². The third-order valence-electron chi connectivity index (χ3n) is 5.71. The molecule has 1 fully saturated rings. The normalized spacial score (nSPS) is 19.7.